The highest BCUT2D eigenvalue weighted by atomic mass is 16.5. The number of hydrogen-bond donors (Lipinski definition) is 0. The van der Waals surface area contributed by atoms with Crippen LogP contribution in [0.1, 0.15) is 29.2 Å². The van der Waals surface area contributed by atoms with Crippen LogP contribution < -0.4 is 0 Å². The van der Waals surface area contributed by atoms with Gasteiger partial charge in [0.25, 0.3) is 0 Å². The number of hydrogen-bond acceptors (Lipinski definition) is 3. The molecular formula is C9H12N2O2. The van der Waals surface area contributed by atoms with Crippen molar-refractivity contribution in [2.45, 2.75) is 18.9 Å². The Hall–Kier alpha value is -1.16. The first-order valence-electron chi connectivity index (χ1n) is 4.47. The van der Waals surface area contributed by atoms with Gasteiger partial charge < -0.3 is 4.74 Å². The van der Waals surface area contributed by atoms with E-state index in [0.29, 0.717) is 11.6 Å². The van der Waals surface area contributed by atoms with Crippen LogP contribution >= 0.6 is 0 Å². The van der Waals surface area contributed by atoms with Crippen molar-refractivity contribution in [3.8, 4) is 0 Å². The van der Waals surface area contributed by atoms with Gasteiger partial charge in [-0.1, -0.05) is 0 Å². The fourth-order valence-electron chi connectivity index (χ4n) is 1.56. The highest BCUT2D eigenvalue weighted by molar-refractivity contribution is 5.73. The summed E-state index contributed by atoms with van der Waals surface area (Å²) in [7, 11) is 0. The third-order valence-electron chi connectivity index (χ3n) is 2.32. The maximum Gasteiger partial charge on any atom is 0.153 e. The molecular weight excluding hydrogens is 168 g/mol. The second-order valence-corrected chi connectivity index (χ2v) is 3.22. The lowest BCUT2D eigenvalue weighted by Crippen LogP contribution is -2.19. The highest BCUT2D eigenvalue weighted by Crippen LogP contribution is 2.19. The molecule has 1 saturated heterocycles. The number of aromatic nitrogens is 2. The van der Waals surface area contributed by atoms with Gasteiger partial charge in [-0.2, -0.15) is 5.10 Å². The Morgan fingerprint density at radius 2 is 2.31 bits per heavy atom. The fraction of sp³-hybridized carbons (Fsp3) is 0.556. The van der Waals surface area contributed by atoms with Crippen LogP contribution in [-0.4, -0.2) is 29.3 Å². The molecule has 0 amide bonds. The molecule has 0 saturated carbocycles. The van der Waals surface area contributed by atoms with Crippen LogP contribution in [0.15, 0.2) is 12.4 Å². The van der Waals surface area contributed by atoms with Gasteiger partial charge in [0.15, 0.2) is 6.29 Å². The zero-order valence-corrected chi connectivity index (χ0v) is 7.35. The molecule has 2 rings (SSSR count). The van der Waals surface area contributed by atoms with Gasteiger partial charge in [-0.05, 0) is 12.8 Å². The van der Waals surface area contributed by atoms with Gasteiger partial charge in [-0.15, -0.1) is 0 Å². The molecule has 13 heavy (non-hydrogen) atoms. The molecule has 1 fully saturated rings. The molecule has 1 aromatic rings. The van der Waals surface area contributed by atoms with Gasteiger partial charge in [-0.3, -0.25) is 9.48 Å². The van der Waals surface area contributed by atoms with Crippen LogP contribution in [0.25, 0.3) is 0 Å². The molecule has 0 radical (unpaired) electrons. The van der Waals surface area contributed by atoms with E-state index in [9.17, 15) is 4.79 Å². The first kappa shape index (κ1) is 8.44. The Balaban J connectivity index is 2.09. The summed E-state index contributed by atoms with van der Waals surface area (Å²) in [6, 6.07) is 0.405. The molecule has 1 aliphatic rings. The van der Waals surface area contributed by atoms with E-state index >= 15 is 0 Å². The smallest absolute Gasteiger partial charge is 0.153 e. The second-order valence-electron chi connectivity index (χ2n) is 3.22. The van der Waals surface area contributed by atoms with Gasteiger partial charge >= 0.3 is 0 Å². The number of carbonyl (C=O) groups excluding carboxylic acids is 1. The monoisotopic (exact) mass is 180 g/mol. The minimum absolute atomic E-state index is 0.405. The first-order chi connectivity index (χ1) is 6.40. The van der Waals surface area contributed by atoms with E-state index in [1.54, 1.807) is 12.4 Å². The lowest BCUT2D eigenvalue weighted by atomic mass is 10.1. The minimum atomic E-state index is 0.405. The summed E-state index contributed by atoms with van der Waals surface area (Å²) in [6.45, 7) is 1.59. The Labute approximate surface area is 76.5 Å². The van der Waals surface area contributed by atoms with Crippen molar-refractivity contribution in [2.24, 2.45) is 0 Å². The molecule has 0 aromatic carbocycles. The number of ether oxygens (including phenoxy) is 1. The average molecular weight is 180 g/mol. The predicted molar refractivity (Wildman–Crippen MR) is 46.7 cm³/mol. The number of carbonyl (C=O) groups is 1. The Bertz CT molecular complexity index is 290. The Morgan fingerprint density at radius 1 is 1.54 bits per heavy atom. The second kappa shape index (κ2) is 3.70. The molecule has 4 nitrogen and oxygen atoms in total. The van der Waals surface area contributed by atoms with Gasteiger partial charge in [0.2, 0.25) is 0 Å². The van der Waals surface area contributed by atoms with Crippen LogP contribution in [0.3, 0.4) is 0 Å². The topological polar surface area (TPSA) is 44.1 Å². The minimum Gasteiger partial charge on any atom is -0.381 e. The summed E-state index contributed by atoms with van der Waals surface area (Å²) in [6.07, 6.45) is 6.19. The molecule has 4 heteroatoms. The van der Waals surface area contributed by atoms with E-state index in [-0.39, 0.29) is 0 Å². The maximum absolute atomic E-state index is 10.4. The number of rotatable bonds is 2. The van der Waals surface area contributed by atoms with Crippen molar-refractivity contribution in [3.63, 3.8) is 0 Å². The predicted octanol–water partition coefficient (Wildman–Crippen LogP) is 1.05. The molecule has 70 valence electrons. The van der Waals surface area contributed by atoms with Crippen LogP contribution in [-0.2, 0) is 4.74 Å². The van der Waals surface area contributed by atoms with E-state index < -0.39 is 0 Å². The number of nitrogens with zero attached hydrogens (tertiary/aromatic N) is 2. The highest BCUT2D eigenvalue weighted by Gasteiger charge is 2.15. The lowest BCUT2D eigenvalue weighted by molar-refractivity contribution is 0.0662. The summed E-state index contributed by atoms with van der Waals surface area (Å²) in [5, 5.41) is 4.14. The molecule has 2 heterocycles. The molecule has 1 aromatic heterocycles. The van der Waals surface area contributed by atoms with Crippen LogP contribution in [0.4, 0.5) is 0 Å². The number of aldehydes is 1. The van der Waals surface area contributed by atoms with Crippen molar-refractivity contribution in [1.82, 2.24) is 9.78 Å². The standard InChI is InChI=1S/C9H12N2O2/c12-7-8-5-10-11(6-8)9-1-3-13-4-2-9/h5-7,9H,1-4H2. The van der Waals surface area contributed by atoms with Gasteiger partial charge in [0.05, 0.1) is 17.8 Å². The molecule has 0 atom stereocenters. The molecule has 0 aliphatic carbocycles. The molecule has 0 bridgehead atoms. The summed E-state index contributed by atoms with van der Waals surface area (Å²) >= 11 is 0. The summed E-state index contributed by atoms with van der Waals surface area (Å²) in [5.41, 5.74) is 0.645. The lowest BCUT2D eigenvalue weighted by Gasteiger charge is -2.22. The van der Waals surface area contributed by atoms with Gasteiger partial charge in [-0.25, -0.2) is 0 Å². The largest absolute Gasteiger partial charge is 0.381 e. The summed E-state index contributed by atoms with van der Waals surface area (Å²) in [4.78, 5) is 10.4. The SMILES string of the molecule is O=Cc1cnn(C2CCOCC2)c1. The van der Waals surface area contributed by atoms with Gasteiger partial charge in [0.1, 0.15) is 0 Å². The zero-order chi connectivity index (χ0) is 9.10. The van der Waals surface area contributed by atoms with Gasteiger partial charge in [0, 0.05) is 19.4 Å². The van der Waals surface area contributed by atoms with Crippen molar-refractivity contribution in [3.05, 3.63) is 18.0 Å². The third kappa shape index (κ3) is 1.78. The van der Waals surface area contributed by atoms with Crippen molar-refractivity contribution in [1.29, 1.82) is 0 Å². The Morgan fingerprint density at radius 3 is 2.92 bits per heavy atom. The fourth-order valence-corrected chi connectivity index (χ4v) is 1.56. The average Bonchev–Trinajstić information content (AvgIpc) is 2.67. The van der Waals surface area contributed by atoms with Crippen LogP contribution in [0, 0.1) is 0 Å². The molecule has 0 spiro atoms. The quantitative estimate of drug-likeness (QED) is 0.639. The normalized spacial score (nSPS) is 18.8. The van der Waals surface area contributed by atoms with Crippen molar-refractivity contribution in [2.75, 3.05) is 13.2 Å². The van der Waals surface area contributed by atoms with E-state index in [0.717, 1.165) is 32.3 Å². The van der Waals surface area contributed by atoms with E-state index in [2.05, 4.69) is 5.10 Å². The first-order valence-corrected chi connectivity index (χ1v) is 4.47. The summed E-state index contributed by atoms with van der Waals surface area (Å²) in [5.74, 6) is 0. The van der Waals surface area contributed by atoms with Crippen LogP contribution in [0.2, 0.25) is 0 Å². The van der Waals surface area contributed by atoms with Crippen LogP contribution in [0.5, 0.6) is 0 Å². The zero-order valence-electron chi connectivity index (χ0n) is 7.35. The van der Waals surface area contributed by atoms with Crippen molar-refractivity contribution >= 4 is 6.29 Å². The molecule has 0 unspecified atom stereocenters. The van der Waals surface area contributed by atoms with E-state index in [1.165, 1.54) is 0 Å². The van der Waals surface area contributed by atoms with Crippen molar-refractivity contribution < 1.29 is 9.53 Å². The third-order valence-corrected chi connectivity index (χ3v) is 2.32. The van der Waals surface area contributed by atoms with E-state index in [1.807, 2.05) is 4.68 Å². The van der Waals surface area contributed by atoms with E-state index in [4.69, 9.17) is 4.74 Å². The Kier molecular flexibility index (Phi) is 2.40. The summed E-state index contributed by atoms with van der Waals surface area (Å²) < 4.78 is 7.11. The molecule has 1 aliphatic heterocycles. The maximum atomic E-state index is 10.4. The molecule has 0 N–H and O–H groups in total.